The summed E-state index contributed by atoms with van der Waals surface area (Å²) in [4.78, 5) is 74.8. The Morgan fingerprint density at radius 1 is 1.04 bits per heavy atom. The Hall–Kier alpha value is -4.08. The maximum atomic E-state index is 13.9. The molecule has 0 radical (unpaired) electrons. The number of thiazole rings is 1. The number of ether oxygens (including phenoxy) is 3. The third-order valence-corrected chi connectivity index (χ3v) is 11.4. The first-order chi connectivity index (χ1) is 26.5. The van der Waals surface area contributed by atoms with Crippen molar-refractivity contribution in [3.05, 3.63) is 52.5 Å². The molecule has 3 N–H and O–H groups in total. The summed E-state index contributed by atoms with van der Waals surface area (Å²) in [7, 11) is 4.66. The van der Waals surface area contributed by atoms with Gasteiger partial charge in [-0.2, -0.15) is 0 Å². The van der Waals surface area contributed by atoms with Crippen LogP contribution in [0.4, 0.5) is 4.79 Å². The van der Waals surface area contributed by atoms with Crippen molar-refractivity contribution >= 4 is 41.1 Å². The molecule has 0 spiro atoms. The molecule has 1 fully saturated rings. The number of benzene rings is 1. The maximum absolute atomic E-state index is 13.9. The van der Waals surface area contributed by atoms with Crippen molar-refractivity contribution < 1.29 is 38.2 Å². The van der Waals surface area contributed by atoms with Crippen molar-refractivity contribution in [2.75, 3.05) is 41.0 Å². The van der Waals surface area contributed by atoms with E-state index in [2.05, 4.69) is 20.9 Å². The predicted molar refractivity (Wildman–Crippen MR) is 216 cm³/mol. The third-order valence-electron chi connectivity index (χ3n) is 10.5. The molecule has 0 aliphatic carbocycles. The van der Waals surface area contributed by atoms with Crippen molar-refractivity contribution in [2.24, 2.45) is 17.8 Å². The van der Waals surface area contributed by atoms with Crippen molar-refractivity contribution in [3.8, 4) is 0 Å². The Morgan fingerprint density at radius 3 is 2.32 bits per heavy atom. The molecule has 1 saturated heterocycles. The number of hydrogen-bond donors (Lipinski definition) is 3. The quantitative estimate of drug-likeness (QED) is 0.162. The number of rotatable bonds is 21. The van der Waals surface area contributed by atoms with Gasteiger partial charge in [0, 0.05) is 45.9 Å². The normalized spacial score (nSPS) is 17.6. The molecule has 2 heterocycles. The number of likely N-dealkylation sites (N-methyl/N-ethyl adjacent to an activating group) is 1. The van der Waals surface area contributed by atoms with E-state index in [0.717, 1.165) is 23.4 Å². The fourth-order valence-electron chi connectivity index (χ4n) is 6.73. The predicted octanol–water partition coefficient (Wildman–Crippen LogP) is 4.74. The van der Waals surface area contributed by atoms with Crippen LogP contribution in [-0.2, 0) is 39.8 Å². The summed E-state index contributed by atoms with van der Waals surface area (Å²) in [5.74, 6) is -1.92. The second-order valence-corrected chi connectivity index (χ2v) is 16.7. The molecule has 14 nitrogen and oxygen atoms in total. The van der Waals surface area contributed by atoms with Crippen molar-refractivity contribution in [3.63, 3.8) is 0 Å². The molecule has 15 heteroatoms. The summed E-state index contributed by atoms with van der Waals surface area (Å²) < 4.78 is 16.9. The molecule has 5 amide bonds. The lowest BCUT2D eigenvalue weighted by molar-refractivity contribution is -0.143. The zero-order valence-corrected chi connectivity index (χ0v) is 35.6. The van der Waals surface area contributed by atoms with Crippen LogP contribution in [0.1, 0.15) is 90.8 Å². The van der Waals surface area contributed by atoms with E-state index in [1.807, 2.05) is 70.3 Å². The smallest absolute Gasteiger partial charge is 0.407 e. The molecule has 56 heavy (non-hydrogen) atoms. The lowest BCUT2D eigenvalue weighted by Gasteiger charge is -2.35. The summed E-state index contributed by atoms with van der Waals surface area (Å²) in [6, 6.07) is 8.38. The third kappa shape index (κ3) is 13.3. The molecular weight excluding hydrogens is 737 g/mol. The lowest BCUT2D eigenvalue weighted by atomic mass is 9.94. The van der Waals surface area contributed by atoms with Gasteiger partial charge in [0.25, 0.3) is 0 Å². The minimum atomic E-state index is -1.35. The molecule has 1 aromatic carbocycles. The zero-order valence-electron chi connectivity index (χ0n) is 34.8. The highest BCUT2D eigenvalue weighted by Crippen LogP contribution is 2.29. The van der Waals surface area contributed by atoms with E-state index < -0.39 is 41.7 Å². The van der Waals surface area contributed by atoms with Crippen LogP contribution in [0.25, 0.3) is 0 Å². The van der Waals surface area contributed by atoms with Crippen LogP contribution in [0.3, 0.4) is 0 Å². The summed E-state index contributed by atoms with van der Waals surface area (Å²) in [5.41, 5.74) is -0.274. The number of alkyl carbamates (subject to hydrolysis) is 1. The molecule has 2 aromatic rings. The van der Waals surface area contributed by atoms with Crippen LogP contribution < -0.4 is 16.0 Å². The second-order valence-electron chi connectivity index (χ2n) is 15.7. The molecule has 0 saturated carbocycles. The average molecular weight is 801 g/mol. The van der Waals surface area contributed by atoms with Gasteiger partial charge in [-0.15, -0.1) is 11.3 Å². The molecular formula is C41H64N6O8S. The lowest BCUT2D eigenvalue weighted by Crippen LogP contribution is -2.60. The largest absolute Gasteiger partial charge is 0.449 e. The molecule has 0 bridgehead atoms. The number of carbonyl (C=O) groups is 5. The van der Waals surface area contributed by atoms with E-state index >= 15 is 0 Å². The van der Waals surface area contributed by atoms with Crippen LogP contribution >= 0.6 is 11.3 Å². The maximum Gasteiger partial charge on any atom is 0.407 e. The van der Waals surface area contributed by atoms with Crippen molar-refractivity contribution in [1.82, 2.24) is 30.7 Å². The number of amides is 5. The summed E-state index contributed by atoms with van der Waals surface area (Å²) >= 11 is 1.49. The second kappa shape index (κ2) is 22.0. The monoisotopic (exact) mass is 800 g/mol. The zero-order chi connectivity index (χ0) is 41.6. The Balaban J connectivity index is 1.63. The fraction of sp³-hybridized carbons (Fsp3) is 0.659. The van der Waals surface area contributed by atoms with Gasteiger partial charge in [-0.05, 0) is 50.5 Å². The first-order valence-electron chi connectivity index (χ1n) is 19.6. The standard InChI is InChI=1S/C41H64N6O8S/c1-11-27(4)25-55-40(52)45-41(6,7)39(51)44-34(26(2)3)38(50)46(8)24-30(53-9)23-33(48)47-20-15-18-32(47)35(54-10)28(5)36(49)43-31(37-42-19-21-56-37)22-29-16-13-12-14-17-29/h12-14,16-17,19,21,26-28,30-32,34-35H,11,15,18,20,22-25H2,1-10H3,(H,43,49)(H,44,51)(H,45,52)/t27-,28+,30?,31-,32-,34?,35+/m0/s1. The fourth-order valence-corrected chi connectivity index (χ4v) is 7.42. The molecule has 2 unspecified atom stereocenters. The van der Waals surface area contributed by atoms with Crippen molar-refractivity contribution in [1.29, 1.82) is 0 Å². The van der Waals surface area contributed by atoms with Gasteiger partial charge in [0.05, 0.1) is 43.2 Å². The van der Waals surface area contributed by atoms with Gasteiger partial charge >= 0.3 is 6.09 Å². The highest BCUT2D eigenvalue weighted by molar-refractivity contribution is 7.09. The Bertz CT molecular complexity index is 1560. The number of nitrogens with one attached hydrogen (secondary N) is 3. The molecule has 1 aliphatic heterocycles. The van der Waals surface area contributed by atoms with E-state index in [1.54, 1.807) is 39.1 Å². The van der Waals surface area contributed by atoms with Gasteiger partial charge < -0.3 is 40.0 Å². The van der Waals surface area contributed by atoms with E-state index in [9.17, 15) is 24.0 Å². The Labute approximate surface area is 336 Å². The molecule has 7 atom stereocenters. The number of likely N-dealkylation sites (tertiary alicyclic amines) is 1. The van der Waals surface area contributed by atoms with Gasteiger partial charge in [0.15, 0.2) is 0 Å². The minimum Gasteiger partial charge on any atom is -0.449 e. The number of hydrogen-bond acceptors (Lipinski definition) is 10. The number of aromatic nitrogens is 1. The highest BCUT2D eigenvalue weighted by atomic mass is 32.1. The number of methoxy groups -OCH3 is 2. The molecule has 1 aliphatic rings. The summed E-state index contributed by atoms with van der Waals surface area (Å²) in [5, 5.41) is 11.3. The summed E-state index contributed by atoms with van der Waals surface area (Å²) in [6.45, 7) is 13.3. The van der Waals surface area contributed by atoms with Crippen LogP contribution in [0, 0.1) is 17.8 Å². The first kappa shape index (κ1) is 46.3. The average Bonchev–Trinajstić information content (AvgIpc) is 3.89. The molecule has 3 rings (SSSR count). The first-order valence-corrected chi connectivity index (χ1v) is 20.5. The Morgan fingerprint density at radius 2 is 1.73 bits per heavy atom. The van der Waals surface area contributed by atoms with Crippen LogP contribution in [0.15, 0.2) is 41.9 Å². The van der Waals surface area contributed by atoms with E-state index in [0.29, 0.717) is 19.4 Å². The van der Waals surface area contributed by atoms with Gasteiger partial charge in [0.1, 0.15) is 16.6 Å². The van der Waals surface area contributed by atoms with E-state index in [1.165, 1.54) is 23.3 Å². The van der Waals surface area contributed by atoms with Crippen molar-refractivity contribution in [2.45, 2.75) is 116 Å². The van der Waals surface area contributed by atoms with Crippen LogP contribution in [0.2, 0.25) is 0 Å². The van der Waals surface area contributed by atoms with Crippen LogP contribution in [0.5, 0.6) is 0 Å². The Kier molecular flexibility index (Phi) is 18.2. The van der Waals surface area contributed by atoms with E-state index in [-0.39, 0.29) is 61.2 Å². The number of nitrogens with zero attached hydrogens (tertiary/aromatic N) is 3. The summed E-state index contributed by atoms with van der Waals surface area (Å²) in [6.07, 6.45) is 2.68. The SMILES string of the molecule is CC[C@H](C)COC(=O)NC(C)(C)C(=O)NC(C(=O)N(C)CC(CC(=O)N1CCC[C@H]1[C@H](OC)[C@@H](C)C(=O)N[C@@H](Cc1ccccc1)c1nccs1)OC)C(C)C. The molecule has 1 aromatic heterocycles. The van der Waals surface area contributed by atoms with Gasteiger partial charge in [-0.1, -0.05) is 71.4 Å². The van der Waals surface area contributed by atoms with Gasteiger partial charge in [-0.25, -0.2) is 9.78 Å². The topological polar surface area (TPSA) is 168 Å². The van der Waals surface area contributed by atoms with Crippen LogP contribution in [-0.4, -0.2) is 115 Å². The molecule has 312 valence electrons. The minimum absolute atomic E-state index is 0.000750. The van der Waals surface area contributed by atoms with Gasteiger partial charge in [0.2, 0.25) is 23.6 Å². The highest BCUT2D eigenvalue weighted by Gasteiger charge is 2.41. The van der Waals surface area contributed by atoms with Gasteiger partial charge in [-0.3, -0.25) is 19.2 Å². The van der Waals surface area contributed by atoms with E-state index in [4.69, 9.17) is 14.2 Å². The number of carbonyl (C=O) groups excluding carboxylic acids is 5.